The fraction of sp³-hybridized carbons (Fsp3) is 0.560. The van der Waals surface area contributed by atoms with Crippen LogP contribution in [-0.4, -0.2) is 69.5 Å². The molecule has 4 heterocycles. The van der Waals surface area contributed by atoms with E-state index in [4.69, 9.17) is 5.73 Å². The van der Waals surface area contributed by atoms with Gasteiger partial charge in [0, 0.05) is 80.7 Å². The number of rotatable bonds is 5. The number of nitrogens with two attached hydrogens (primary N) is 1. The van der Waals surface area contributed by atoms with Crippen LogP contribution in [0.1, 0.15) is 42.4 Å². The largest absolute Gasteiger partial charge is 0.404 e. The smallest absolute Gasteiger partial charge is 0.264 e. The molecule has 2 unspecified atom stereocenters. The summed E-state index contributed by atoms with van der Waals surface area (Å²) < 4.78 is 28.4. The molecule has 1 saturated heterocycles. The lowest BCUT2D eigenvalue weighted by atomic mass is 9.90. The monoisotopic (exact) mass is 456 g/mol. The number of aliphatic imine (C=N–C) groups is 1. The number of nitrogens with zero attached hydrogens (tertiary/aromatic N) is 3. The van der Waals surface area contributed by atoms with Crippen molar-refractivity contribution < 1.29 is 8.78 Å². The molecule has 8 heteroatoms. The highest BCUT2D eigenvalue weighted by Crippen LogP contribution is 2.41. The van der Waals surface area contributed by atoms with E-state index in [1.807, 2.05) is 6.07 Å². The predicted octanol–water partition coefficient (Wildman–Crippen LogP) is 2.67. The molecule has 33 heavy (non-hydrogen) atoms. The first-order valence-electron chi connectivity index (χ1n) is 12.1. The third-order valence-corrected chi connectivity index (χ3v) is 7.59. The summed E-state index contributed by atoms with van der Waals surface area (Å²) in [5.41, 5.74) is 11.8. The molecule has 4 aliphatic heterocycles. The molecule has 1 fully saturated rings. The maximum Gasteiger partial charge on any atom is 0.264 e. The van der Waals surface area contributed by atoms with Gasteiger partial charge in [-0.05, 0) is 61.1 Å². The molecule has 0 aromatic heterocycles. The highest BCUT2D eigenvalue weighted by atomic mass is 19.3. The van der Waals surface area contributed by atoms with Crippen molar-refractivity contribution in [3.63, 3.8) is 0 Å². The van der Waals surface area contributed by atoms with E-state index >= 15 is 0 Å². The molecular formula is C25H34F2N6. The summed E-state index contributed by atoms with van der Waals surface area (Å²) in [7, 11) is 1.63. The molecule has 4 aliphatic rings. The van der Waals surface area contributed by atoms with Crippen LogP contribution in [0.15, 0.2) is 34.6 Å². The molecule has 178 valence electrons. The van der Waals surface area contributed by atoms with Crippen molar-refractivity contribution in [2.45, 2.75) is 44.2 Å². The Kier molecular flexibility index (Phi) is 6.38. The molecule has 0 bridgehead atoms. The number of hydrogen-bond acceptors (Lipinski definition) is 6. The van der Waals surface area contributed by atoms with Crippen molar-refractivity contribution in [2.75, 3.05) is 51.2 Å². The zero-order chi connectivity index (χ0) is 22.9. The molecule has 0 aliphatic carbocycles. The number of nitrogens with one attached hydrogen (secondary N) is 2. The summed E-state index contributed by atoms with van der Waals surface area (Å²) in [6.45, 7) is 5.82. The molecule has 0 saturated carbocycles. The lowest BCUT2D eigenvalue weighted by Gasteiger charge is -2.39. The molecule has 5 rings (SSSR count). The average Bonchev–Trinajstić information content (AvgIpc) is 3.49. The first-order valence-corrected chi connectivity index (χ1v) is 12.1. The maximum absolute atomic E-state index is 14.2. The average molecular weight is 457 g/mol. The van der Waals surface area contributed by atoms with Crippen LogP contribution >= 0.6 is 0 Å². The third kappa shape index (κ3) is 4.04. The number of benzene rings is 1. The van der Waals surface area contributed by atoms with E-state index in [9.17, 15) is 8.78 Å². The first-order chi connectivity index (χ1) is 16.1. The van der Waals surface area contributed by atoms with E-state index in [1.54, 1.807) is 19.3 Å². The number of halogens is 2. The Bertz CT molecular complexity index is 979. The quantitative estimate of drug-likeness (QED) is 0.595. The summed E-state index contributed by atoms with van der Waals surface area (Å²) in [6, 6.07) is 4.40. The molecule has 0 radical (unpaired) electrons. The maximum atomic E-state index is 14.2. The van der Waals surface area contributed by atoms with Gasteiger partial charge < -0.3 is 26.2 Å². The molecule has 1 aromatic carbocycles. The van der Waals surface area contributed by atoms with E-state index in [2.05, 4.69) is 25.4 Å². The lowest BCUT2D eigenvalue weighted by Crippen LogP contribution is -2.45. The fourth-order valence-corrected chi connectivity index (χ4v) is 6.07. The zero-order valence-corrected chi connectivity index (χ0v) is 19.3. The second-order valence-electron chi connectivity index (χ2n) is 9.39. The summed E-state index contributed by atoms with van der Waals surface area (Å²) in [6.07, 6.45) is 4.47. The van der Waals surface area contributed by atoms with E-state index in [0.29, 0.717) is 17.2 Å². The van der Waals surface area contributed by atoms with E-state index < -0.39 is 6.43 Å². The van der Waals surface area contributed by atoms with Gasteiger partial charge in [-0.25, -0.2) is 8.78 Å². The van der Waals surface area contributed by atoms with Gasteiger partial charge in [0.15, 0.2) is 0 Å². The Balaban J connectivity index is 1.54. The Labute approximate surface area is 194 Å². The lowest BCUT2D eigenvalue weighted by molar-refractivity contribution is 0.151. The molecule has 2 atom stereocenters. The van der Waals surface area contributed by atoms with Crippen LogP contribution in [-0.2, 0) is 6.42 Å². The van der Waals surface area contributed by atoms with Gasteiger partial charge in [0.25, 0.3) is 6.43 Å². The van der Waals surface area contributed by atoms with Crippen molar-refractivity contribution in [1.29, 1.82) is 0 Å². The van der Waals surface area contributed by atoms with Crippen molar-refractivity contribution >= 4 is 17.5 Å². The van der Waals surface area contributed by atoms with Gasteiger partial charge in [-0.2, -0.15) is 0 Å². The van der Waals surface area contributed by atoms with Crippen LogP contribution in [0.25, 0.3) is 5.57 Å². The number of fused-ring (bicyclic) bond motifs is 1. The third-order valence-electron chi connectivity index (χ3n) is 7.59. The minimum atomic E-state index is -2.58. The molecule has 1 aromatic rings. The number of aryl methyl sites for hydroxylation is 1. The first kappa shape index (κ1) is 22.3. The Morgan fingerprint density at radius 1 is 1.21 bits per heavy atom. The summed E-state index contributed by atoms with van der Waals surface area (Å²) in [4.78, 5) is 9.03. The topological polar surface area (TPSA) is 68.9 Å². The molecule has 0 amide bonds. The summed E-state index contributed by atoms with van der Waals surface area (Å²) >= 11 is 0. The minimum absolute atomic E-state index is 0.0306. The number of alkyl halides is 2. The van der Waals surface area contributed by atoms with Gasteiger partial charge in [0.2, 0.25) is 0 Å². The molecule has 6 nitrogen and oxygen atoms in total. The van der Waals surface area contributed by atoms with Gasteiger partial charge in [-0.1, -0.05) is 0 Å². The second kappa shape index (κ2) is 9.43. The Hall–Kier alpha value is -2.45. The number of anilines is 1. The van der Waals surface area contributed by atoms with Crippen molar-refractivity contribution in [3.05, 3.63) is 46.3 Å². The Morgan fingerprint density at radius 2 is 2.09 bits per heavy atom. The van der Waals surface area contributed by atoms with Crippen molar-refractivity contribution in [1.82, 2.24) is 15.5 Å². The van der Waals surface area contributed by atoms with Crippen LogP contribution in [0, 0.1) is 0 Å². The predicted molar refractivity (Wildman–Crippen MR) is 130 cm³/mol. The van der Waals surface area contributed by atoms with Crippen LogP contribution in [0.2, 0.25) is 0 Å². The molecule has 0 spiro atoms. The SMILES string of the molecule is CN=CC(=CN)c1cc2c(cc1C(F)F)N(C1CN(C3CCNC3)C3=C1CNCC3)CCC2. The van der Waals surface area contributed by atoms with Crippen molar-refractivity contribution in [3.8, 4) is 0 Å². The van der Waals surface area contributed by atoms with Crippen LogP contribution < -0.4 is 21.3 Å². The van der Waals surface area contributed by atoms with Gasteiger partial charge in [0.1, 0.15) is 0 Å². The summed E-state index contributed by atoms with van der Waals surface area (Å²) in [5, 5.41) is 7.06. The van der Waals surface area contributed by atoms with Gasteiger partial charge >= 0.3 is 0 Å². The van der Waals surface area contributed by atoms with Gasteiger partial charge in [0.05, 0.1) is 6.04 Å². The molecule has 4 N–H and O–H groups in total. The van der Waals surface area contributed by atoms with Gasteiger partial charge in [-0.15, -0.1) is 0 Å². The molecular weight excluding hydrogens is 422 g/mol. The number of hydrogen-bond donors (Lipinski definition) is 3. The standard InChI is InChI=1S/C25H34F2N6/c1-29-12-17(11-28)19-9-16-3-2-8-32(23(16)10-20(19)25(26)27)24-15-33(18-4-6-30-13-18)22-5-7-31-14-21(22)24/h9-12,18,24-25,30-31H,2-8,13-15,28H2,1H3. The van der Waals surface area contributed by atoms with Crippen molar-refractivity contribution in [2.24, 2.45) is 10.7 Å². The Morgan fingerprint density at radius 3 is 2.82 bits per heavy atom. The minimum Gasteiger partial charge on any atom is -0.404 e. The van der Waals surface area contributed by atoms with E-state index in [0.717, 1.165) is 69.8 Å². The van der Waals surface area contributed by atoms with E-state index in [-0.39, 0.29) is 11.6 Å². The van der Waals surface area contributed by atoms with Crippen LogP contribution in [0.4, 0.5) is 14.5 Å². The zero-order valence-electron chi connectivity index (χ0n) is 19.3. The van der Waals surface area contributed by atoms with Gasteiger partial charge in [-0.3, -0.25) is 4.99 Å². The van der Waals surface area contributed by atoms with E-state index in [1.165, 1.54) is 23.9 Å². The fourth-order valence-electron chi connectivity index (χ4n) is 6.07. The van der Waals surface area contributed by atoms with Crippen LogP contribution in [0.5, 0.6) is 0 Å². The highest BCUT2D eigenvalue weighted by molar-refractivity contribution is 6.10. The second-order valence-corrected chi connectivity index (χ2v) is 9.39. The van der Waals surface area contributed by atoms with Crippen LogP contribution in [0.3, 0.4) is 0 Å². The normalized spacial score (nSPS) is 26.0. The summed E-state index contributed by atoms with van der Waals surface area (Å²) in [5.74, 6) is 0. The number of allylic oxidation sites excluding steroid dienone is 1. The highest BCUT2D eigenvalue weighted by Gasteiger charge is 2.41.